The molecule has 0 radical (unpaired) electrons. The standard InChI is InChI=1S/C18H20ClN3O2/c1-12-10-17(21-13(2)20-12)24-16-4-3-9-22(11-16)18(23)14-5-7-15(19)8-6-14/h5-8,10,16H,3-4,9,11H2,1-2H3. The Kier molecular flexibility index (Phi) is 5.00. The zero-order chi connectivity index (χ0) is 17.1. The van der Waals surface area contributed by atoms with Crippen LogP contribution in [-0.4, -0.2) is 40.0 Å². The lowest BCUT2D eigenvalue weighted by molar-refractivity contribution is 0.0527. The number of carbonyl (C=O) groups excluding carboxylic acids is 1. The molecule has 2 aromatic rings. The monoisotopic (exact) mass is 345 g/mol. The van der Waals surface area contributed by atoms with Gasteiger partial charge in [-0.3, -0.25) is 4.79 Å². The number of amides is 1. The molecule has 1 aliphatic rings. The van der Waals surface area contributed by atoms with Crippen molar-refractivity contribution >= 4 is 17.5 Å². The van der Waals surface area contributed by atoms with E-state index in [-0.39, 0.29) is 12.0 Å². The van der Waals surface area contributed by atoms with Gasteiger partial charge in [0.05, 0.1) is 6.54 Å². The molecule has 2 heterocycles. The molecule has 1 atom stereocenters. The fourth-order valence-electron chi connectivity index (χ4n) is 2.91. The predicted molar refractivity (Wildman–Crippen MR) is 92.5 cm³/mol. The molecule has 0 N–H and O–H groups in total. The topological polar surface area (TPSA) is 55.3 Å². The lowest BCUT2D eigenvalue weighted by Gasteiger charge is -2.32. The van der Waals surface area contributed by atoms with Crippen molar-refractivity contribution in [1.82, 2.24) is 14.9 Å². The van der Waals surface area contributed by atoms with Crippen LogP contribution in [0.2, 0.25) is 5.02 Å². The molecule has 5 nitrogen and oxygen atoms in total. The summed E-state index contributed by atoms with van der Waals surface area (Å²) in [6.45, 7) is 5.06. The van der Waals surface area contributed by atoms with Gasteiger partial charge in [0.15, 0.2) is 0 Å². The number of rotatable bonds is 3. The van der Waals surface area contributed by atoms with E-state index in [0.717, 1.165) is 25.1 Å². The third-order valence-corrected chi connectivity index (χ3v) is 4.24. The molecule has 1 unspecified atom stereocenters. The third kappa shape index (κ3) is 4.03. The first kappa shape index (κ1) is 16.7. The number of nitrogens with zero attached hydrogens (tertiary/aromatic N) is 3. The average Bonchev–Trinajstić information content (AvgIpc) is 2.54. The van der Waals surface area contributed by atoms with Gasteiger partial charge in [0.25, 0.3) is 5.91 Å². The predicted octanol–water partition coefficient (Wildman–Crippen LogP) is 3.43. The van der Waals surface area contributed by atoms with Gasteiger partial charge in [0, 0.05) is 28.9 Å². The maximum absolute atomic E-state index is 12.6. The molecule has 0 spiro atoms. The maximum atomic E-state index is 12.6. The summed E-state index contributed by atoms with van der Waals surface area (Å²) < 4.78 is 5.99. The SMILES string of the molecule is Cc1cc(OC2CCCN(C(=O)c3ccc(Cl)cc3)C2)nc(C)n1. The van der Waals surface area contributed by atoms with Gasteiger partial charge in [-0.2, -0.15) is 4.98 Å². The number of benzene rings is 1. The summed E-state index contributed by atoms with van der Waals surface area (Å²) in [5.41, 5.74) is 1.52. The Morgan fingerprint density at radius 2 is 2.00 bits per heavy atom. The Bertz CT molecular complexity index is 713. The van der Waals surface area contributed by atoms with Crippen molar-refractivity contribution in [2.45, 2.75) is 32.8 Å². The van der Waals surface area contributed by atoms with Crippen LogP contribution in [0.15, 0.2) is 30.3 Å². The minimum absolute atomic E-state index is 0.00927. The highest BCUT2D eigenvalue weighted by Crippen LogP contribution is 2.20. The van der Waals surface area contributed by atoms with Crippen LogP contribution in [0.25, 0.3) is 0 Å². The largest absolute Gasteiger partial charge is 0.472 e. The van der Waals surface area contributed by atoms with Crippen molar-refractivity contribution in [3.8, 4) is 5.88 Å². The summed E-state index contributed by atoms with van der Waals surface area (Å²) in [5, 5.41) is 0.626. The minimum Gasteiger partial charge on any atom is -0.472 e. The first-order valence-corrected chi connectivity index (χ1v) is 8.43. The first-order chi connectivity index (χ1) is 11.5. The molecule has 1 fully saturated rings. The van der Waals surface area contributed by atoms with Crippen LogP contribution in [0.5, 0.6) is 5.88 Å². The van der Waals surface area contributed by atoms with Crippen LogP contribution in [-0.2, 0) is 0 Å². The normalized spacial score (nSPS) is 17.6. The highest BCUT2D eigenvalue weighted by molar-refractivity contribution is 6.30. The molecule has 0 bridgehead atoms. The number of hydrogen-bond donors (Lipinski definition) is 0. The van der Waals surface area contributed by atoms with Crippen molar-refractivity contribution in [1.29, 1.82) is 0 Å². The highest BCUT2D eigenvalue weighted by atomic mass is 35.5. The van der Waals surface area contributed by atoms with Crippen LogP contribution < -0.4 is 4.74 Å². The zero-order valence-corrected chi connectivity index (χ0v) is 14.6. The Hall–Kier alpha value is -2.14. The number of aromatic nitrogens is 2. The molecule has 1 aromatic carbocycles. The molecule has 1 aliphatic heterocycles. The molecule has 0 aliphatic carbocycles. The summed E-state index contributed by atoms with van der Waals surface area (Å²) in [5.74, 6) is 1.27. The van der Waals surface area contributed by atoms with Crippen LogP contribution in [0.1, 0.15) is 34.7 Å². The lowest BCUT2D eigenvalue weighted by Crippen LogP contribution is -2.44. The summed E-state index contributed by atoms with van der Waals surface area (Å²) >= 11 is 5.88. The van der Waals surface area contributed by atoms with E-state index in [1.54, 1.807) is 24.3 Å². The number of carbonyl (C=O) groups is 1. The van der Waals surface area contributed by atoms with Crippen molar-refractivity contribution in [3.63, 3.8) is 0 Å². The second-order valence-electron chi connectivity index (χ2n) is 6.03. The Labute approximate surface area is 146 Å². The molecule has 24 heavy (non-hydrogen) atoms. The van der Waals surface area contributed by atoms with Crippen LogP contribution in [0.3, 0.4) is 0 Å². The average molecular weight is 346 g/mol. The Balaban J connectivity index is 1.67. The molecule has 6 heteroatoms. The van der Waals surface area contributed by atoms with Crippen molar-refractivity contribution in [2.24, 2.45) is 0 Å². The van der Waals surface area contributed by atoms with Crippen molar-refractivity contribution < 1.29 is 9.53 Å². The number of hydrogen-bond acceptors (Lipinski definition) is 4. The van der Waals surface area contributed by atoms with Gasteiger partial charge in [-0.1, -0.05) is 11.6 Å². The summed E-state index contributed by atoms with van der Waals surface area (Å²) in [6, 6.07) is 8.81. The second kappa shape index (κ2) is 7.18. The molecule has 126 valence electrons. The zero-order valence-electron chi connectivity index (χ0n) is 13.8. The number of likely N-dealkylation sites (tertiary alicyclic amines) is 1. The van der Waals surface area contributed by atoms with E-state index >= 15 is 0 Å². The molecule has 1 aromatic heterocycles. The smallest absolute Gasteiger partial charge is 0.253 e. The van der Waals surface area contributed by atoms with E-state index in [4.69, 9.17) is 16.3 Å². The van der Waals surface area contributed by atoms with E-state index in [1.165, 1.54) is 0 Å². The third-order valence-electron chi connectivity index (χ3n) is 3.99. The van der Waals surface area contributed by atoms with Gasteiger partial charge in [-0.15, -0.1) is 0 Å². The fourth-order valence-corrected chi connectivity index (χ4v) is 3.03. The summed E-state index contributed by atoms with van der Waals surface area (Å²) in [7, 11) is 0. The Morgan fingerprint density at radius 3 is 2.71 bits per heavy atom. The summed E-state index contributed by atoms with van der Waals surface area (Å²) in [4.78, 5) is 23.0. The van der Waals surface area contributed by atoms with Gasteiger partial charge in [-0.05, 0) is 51.0 Å². The van der Waals surface area contributed by atoms with E-state index < -0.39 is 0 Å². The molecular weight excluding hydrogens is 326 g/mol. The number of piperidine rings is 1. The van der Waals surface area contributed by atoms with Crippen LogP contribution in [0, 0.1) is 13.8 Å². The molecule has 0 saturated carbocycles. The Morgan fingerprint density at radius 1 is 1.25 bits per heavy atom. The van der Waals surface area contributed by atoms with E-state index in [0.29, 0.717) is 28.8 Å². The fraction of sp³-hybridized carbons (Fsp3) is 0.389. The van der Waals surface area contributed by atoms with Gasteiger partial charge >= 0.3 is 0 Å². The lowest BCUT2D eigenvalue weighted by atomic mass is 10.1. The minimum atomic E-state index is -0.0521. The van der Waals surface area contributed by atoms with E-state index in [9.17, 15) is 4.79 Å². The van der Waals surface area contributed by atoms with Crippen LogP contribution >= 0.6 is 11.6 Å². The molecular formula is C18H20ClN3O2. The van der Waals surface area contributed by atoms with Gasteiger partial charge in [-0.25, -0.2) is 4.98 Å². The second-order valence-corrected chi connectivity index (χ2v) is 6.47. The molecule has 3 rings (SSSR count). The van der Waals surface area contributed by atoms with E-state index in [2.05, 4.69) is 9.97 Å². The van der Waals surface area contributed by atoms with Gasteiger partial charge < -0.3 is 9.64 Å². The van der Waals surface area contributed by atoms with Crippen molar-refractivity contribution in [3.05, 3.63) is 52.4 Å². The van der Waals surface area contributed by atoms with Gasteiger partial charge in [0.2, 0.25) is 5.88 Å². The molecule has 1 saturated heterocycles. The maximum Gasteiger partial charge on any atom is 0.253 e. The van der Waals surface area contributed by atoms with Crippen LogP contribution in [0.4, 0.5) is 0 Å². The van der Waals surface area contributed by atoms with E-state index in [1.807, 2.05) is 24.8 Å². The quantitative estimate of drug-likeness (QED) is 0.855. The van der Waals surface area contributed by atoms with Gasteiger partial charge in [0.1, 0.15) is 11.9 Å². The van der Waals surface area contributed by atoms with Crippen molar-refractivity contribution in [2.75, 3.05) is 13.1 Å². The first-order valence-electron chi connectivity index (χ1n) is 8.05. The molecule has 1 amide bonds. The number of ether oxygens (including phenoxy) is 1. The highest BCUT2D eigenvalue weighted by Gasteiger charge is 2.26. The number of halogens is 1. The number of aryl methyl sites for hydroxylation is 2. The summed E-state index contributed by atoms with van der Waals surface area (Å²) in [6.07, 6.45) is 1.77.